The molecule has 0 bridgehead atoms. The molecular formula is C21H20ClN3O3S. The molecule has 0 radical (unpaired) electrons. The van der Waals surface area contributed by atoms with Crippen molar-refractivity contribution in [3.63, 3.8) is 0 Å². The van der Waals surface area contributed by atoms with E-state index in [0.29, 0.717) is 28.4 Å². The molecule has 4 rings (SSSR count). The summed E-state index contributed by atoms with van der Waals surface area (Å²) in [6.07, 6.45) is 5.51. The second-order valence-electron chi connectivity index (χ2n) is 7.16. The summed E-state index contributed by atoms with van der Waals surface area (Å²) in [5.41, 5.74) is 3.34. The lowest BCUT2D eigenvalue weighted by Crippen LogP contribution is -2.34. The Morgan fingerprint density at radius 1 is 1.10 bits per heavy atom. The lowest BCUT2D eigenvalue weighted by molar-refractivity contribution is 0.102. The third-order valence-corrected chi connectivity index (χ3v) is 6.45. The molecule has 3 aromatic rings. The van der Waals surface area contributed by atoms with Crippen LogP contribution in [-0.2, 0) is 16.4 Å². The maximum Gasteiger partial charge on any atom is 0.255 e. The van der Waals surface area contributed by atoms with Crippen LogP contribution in [0.3, 0.4) is 0 Å². The van der Waals surface area contributed by atoms with Gasteiger partial charge in [-0.25, -0.2) is 8.42 Å². The van der Waals surface area contributed by atoms with Gasteiger partial charge in [0, 0.05) is 29.0 Å². The van der Waals surface area contributed by atoms with Gasteiger partial charge in [0.25, 0.3) is 5.91 Å². The number of rotatable bonds is 4. The number of benzene rings is 2. The molecule has 29 heavy (non-hydrogen) atoms. The minimum Gasteiger partial charge on any atom is -0.322 e. The van der Waals surface area contributed by atoms with Crippen molar-refractivity contribution in [1.29, 1.82) is 0 Å². The van der Waals surface area contributed by atoms with Gasteiger partial charge < -0.3 is 9.88 Å². The Bertz CT molecular complexity index is 1190. The standard InChI is InChI=1S/C21H20ClN3O3S/c1-14-11-16-12-15(5-8-19(16)25(14)29(2,27)28)21(26)23-18-7-6-17(22)13-20(18)24-9-3-4-10-24/h3-10,12-14H,11H2,1-2H3,(H,23,26). The van der Waals surface area contributed by atoms with Crippen molar-refractivity contribution in [1.82, 2.24) is 4.57 Å². The van der Waals surface area contributed by atoms with E-state index in [1.807, 2.05) is 36.0 Å². The monoisotopic (exact) mass is 429 g/mol. The maximum atomic E-state index is 12.9. The molecule has 1 atom stereocenters. The minimum absolute atomic E-state index is 0.171. The maximum absolute atomic E-state index is 12.9. The van der Waals surface area contributed by atoms with Crippen molar-refractivity contribution in [3.8, 4) is 5.69 Å². The number of nitrogens with one attached hydrogen (secondary N) is 1. The summed E-state index contributed by atoms with van der Waals surface area (Å²) in [6, 6.07) is 14.0. The van der Waals surface area contributed by atoms with E-state index < -0.39 is 10.0 Å². The molecule has 2 heterocycles. The number of sulfonamides is 1. The van der Waals surface area contributed by atoms with Crippen LogP contribution in [0.1, 0.15) is 22.8 Å². The Kier molecular flexibility index (Phi) is 4.88. The van der Waals surface area contributed by atoms with Crippen LogP contribution < -0.4 is 9.62 Å². The number of carbonyl (C=O) groups excluding carboxylic acids is 1. The summed E-state index contributed by atoms with van der Waals surface area (Å²) in [5, 5.41) is 3.50. The lowest BCUT2D eigenvalue weighted by atomic mass is 10.1. The van der Waals surface area contributed by atoms with E-state index in [0.717, 1.165) is 11.3 Å². The second kappa shape index (κ2) is 7.24. The molecule has 150 valence electrons. The van der Waals surface area contributed by atoms with Crippen molar-refractivity contribution in [2.45, 2.75) is 19.4 Å². The number of nitrogens with zero attached hydrogens (tertiary/aromatic N) is 2. The van der Waals surface area contributed by atoms with E-state index in [4.69, 9.17) is 11.6 Å². The molecule has 1 aliphatic heterocycles. The molecule has 1 aromatic heterocycles. The minimum atomic E-state index is -3.36. The van der Waals surface area contributed by atoms with Gasteiger partial charge in [-0.05, 0) is 67.4 Å². The number of aromatic nitrogens is 1. The summed E-state index contributed by atoms with van der Waals surface area (Å²) in [7, 11) is -3.36. The molecule has 0 spiro atoms. The summed E-state index contributed by atoms with van der Waals surface area (Å²) in [4.78, 5) is 12.9. The molecule has 1 N–H and O–H groups in total. The van der Waals surface area contributed by atoms with Crippen molar-refractivity contribution in [2.24, 2.45) is 0 Å². The smallest absolute Gasteiger partial charge is 0.255 e. The highest BCUT2D eigenvalue weighted by atomic mass is 35.5. The molecule has 0 saturated heterocycles. The molecule has 1 amide bonds. The van der Waals surface area contributed by atoms with E-state index in [1.54, 1.807) is 36.4 Å². The van der Waals surface area contributed by atoms with E-state index >= 15 is 0 Å². The first-order valence-corrected chi connectivity index (χ1v) is 11.3. The van der Waals surface area contributed by atoms with Crippen LogP contribution in [0.25, 0.3) is 5.69 Å². The zero-order valence-electron chi connectivity index (χ0n) is 16.0. The predicted octanol–water partition coefficient (Wildman–Crippen LogP) is 4.09. The fourth-order valence-electron chi connectivity index (χ4n) is 3.76. The third-order valence-electron chi connectivity index (χ3n) is 4.94. The average molecular weight is 430 g/mol. The van der Waals surface area contributed by atoms with E-state index in [9.17, 15) is 13.2 Å². The Balaban J connectivity index is 1.64. The molecule has 2 aromatic carbocycles. The normalized spacial score (nSPS) is 16.0. The largest absolute Gasteiger partial charge is 0.322 e. The van der Waals surface area contributed by atoms with Crippen LogP contribution in [0, 0.1) is 0 Å². The quantitative estimate of drug-likeness (QED) is 0.678. The first-order chi connectivity index (χ1) is 13.7. The average Bonchev–Trinajstić information content (AvgIpc) is 3.28. The van der Waals surface area contributed by atoms with E-state index in [-0.39, 0.29) is 11.9 Å². The first-order valence-electron chi connectivity index (χ1n) is 9.10. The van der Waals surface area contributed by atoms with Gasteiger partial charge in [0.1, 0.15) is 0 Å². The van der Waals surface area contributed by atoms with Gasteiger partial charge in [0.15, 0.2) is 0 Å². The van der Waals surface area contributed by atoms with Gasteiger partial charge in [-0.2, -0.15) is 0 Å². The number of hydrogen-bond acceptors (Lipinski definition) is 3. The highest BCUT2D eigenvalue weighted by Gasteiger charge is 2.32. The molecule has 1 aliphatic rings. The van der Waals surface area contributed by atoms with Gasteiger partial charge in [-0.1, -0.05) is 11.6 Å². The SMILES string of the molecule is CC1Cc2cc(C(=O)Nc3ccc(Cl)cc3-n3cccc3)ccc2N1S(C)(=O)=O. The number of hydrogen-bond donors (Lipinski definition) is 1. The second-order valence-corrected chi connectivity index (χ2v) is 9.46. The van der Waals surface area contributed by atoms with Crippen molar-refractivity contribution >= 4 is 38.9 Å². The summed E-state index contributed by atoms with van der Waals surface area (Å²) < 4.78 is 27.4. The number of fused-ring (bicyclic) bond motifs is 1. The predicted molar refractivity (Wildman–Crippen MR) is 116 cm³/mol. The van der Waals surface area contributed by atoms with Crippen molar-refractivity contribution in [3.05, 3.63) is 77.1 Å². The van der Waals surface area contributed by atoms with Crippen LogP contribution in [0.4, 0.5) is 11.4 Å². The van der Waals surface area contributed by atoms with Crippen LogP contribution in [-0.4, -0.2) is 31.2 Å². The fourth-order valence-corrected chi connectivity index (χ4v) is 5.19. The molecule has 0 saturated carbocycles. The Labute approximate surface area is 174 Å². The van der Waals surface area contributed by atoms with Gasteiger partial charge in [-0.15, -0.1) is 0 Å². The van der Waals surface area contributed by atoms with E-state index in [2.05, 4.69) is 5.32 Å². The molecule has 0 fully saturated rings. The van der Waals surface area contributed by atoms with Gasteiger partial charge in [-0.3, -0.25) is 9.10 Å². The van der Waals surface area contributed by atoms with Gasteiger partial charge in [0.05, 0.1) is 23.3 Å². The molecule has 8 heteroatoms. The third kappa shape index (κ3) is 3.75. The Morgan fingerprint density at radius 3 is 2.52 bits per heavy atom. The van der Waals surface area contributed by atoms with Crippen molar-refractivity contribution < 1.29 is 13.2 Å². The molecular weight excluding hydrogens is 410 g/mol. The number of amides is 1. The molecule has 0 aliphatic carbocycles. The van der Waals surface area contributed by atoms with Crippen LogP contribution in [0.15, 0.2) is 60.9 Å². The fraction of sp³-hybridized carbons (Fsp3) is 0.190. The number of carbonyl (C=O) groups is 1. The highest BCUT2D eigenvalue weighted by molar-refractivity contribution is 7.92. The highest BCUT2D eigenvalue weighted by Crippen LogP contribution is 2.35. The van der Waals surface area contributed by atoms with Crippen LogP contribution in [0.5, 0.6) is 0 Å². The zero-order valence-corrected chi connectivity index (χ0v) is 17.5. The number of anilines is 2. The van der Waals surface area contributed by atoms with Crippen LogP contribution >= 0.6 is 11.6 Å². The number of halogens is 1. The van der Waals surface area contributed by atoms with E-state index in [1.165, 1.54) is 10.6 Å². The first kappa shape index (κ1) is 19.5. The molecule has 6 nitrogen and oxygen atoms in total. The zero-order chi connectivity index (χ0) is 20.8. The molecule has 1 unspecified atom stereocenters. The van der Waals surface area contributed by atoms with Crippen LogP contribution in [0.2, 0.25) is 5.02 Å². The van der Waals surface area contributed by atoms with Gasteiger partial charge >= 0.3 is 0 Å². The van der Waals surface area contributed by atoms with Crippen molar-refractivity contribution in [2.75, 3.05) is 15.9 Å². The Morgan fingerprint density at radius 2 is 1.83 bits per heavy atom. The lowest BCUT2D eigenvalue weighted by Gasteiger charge is -2.22. The summed E-state index contributed by atoms with van der Waals surface area (Å²) >= 11 is 6.14. The van der Waals surface area contributed by atoms with Gasteiger partial charge in [0.2, 0.25) is 10.0 Å². The topological polar surface area (TPSA) is 71.4 Å². The Hall–Kier alpha value is -2.77. The summed E-state index contributed by atoms with van der Waals surface area (Å²) in [6.45, 7) is 1.86. The summed E-state index contributed by atoms with van der Waals surface area (Å²) in [5.74, 6) is -0.269.